The summed E-state index contributed by atoms with van der Waals surface area (Å²) in [6, 6.07) is 0.524. The van der Waals surface area contributed by atoms with Gasteiger partial charge in [0.15, 0.2) is 0 Å². The van der Waals surface area contributed by atoms with Crippen molar-refractivity contribution in [2.45, 2.75) is 38.3 Å². The zero-order chi connectivity index (χ0) is 8.81. The molecular weight excluding hydrogens is 150 g/mol. The second kappa shape index (κ2) is 5.18. The minimum Gasteiger partial charge on any atom is -0.380 e. The maximum absolute atomic E-state index is 5.34. The molecule has 2 heteroatoms. The van der Waals surface area contributed by atoms with E-state index in [0.717, 1.165) is 6.54 Å². The van der Waals surface area contributed by atoms with Crippen LogP contribution in [-0.2, 0) is 4.74 Å². The fraction of sp³-hybridized carbons (Fsp3) is 0.800. The molecule has 0 radical (unpaired) electrons. The van der Waals surface area contributed by atoms with Crippen molar-refractivity contribution in [3.05, 3.63) is 0 Å². The molecule has 0 heterocycles. The molecule has 1 fully saturated rings. The van der Waals surface area contributed by atoms with Crippen LogP contribution in [0.15, 0.2) is 0 Å². The summed E-state index contributed by atoms with van der Waals surface area (Å²) in [5, 5.41) is 3.38. The van der Waals surface area contributed by atoms with Crippen LogP contribution in [0.25, 0.3) is 0 Å². The van der Waals surface area contributed by atoms with E-state index in [0.29, 0.717) is 12.1 Å². The Morgan fingerprint density at radius 3 is 3.00 bits per heavy atom. The van der Waals surface area contributed by atoms with E-state index in [9.17, 15) is 0 Å². The van der Waals surface area contributed by atoms with E-state index >= 15 is 0 Å². The first-order chi connectivity index (χ1) is 5.88. The summed E-state index contributed by atoms with van der Waals surface area (Å²) < 4.78 is 5.34. The predicted octanol–water partition coefficient (Wildman–Crippen LogP) is 1.17. The minimum atomic E-state index is 0.406. The number of hydrogen-bond donors (Lipinski definition) is 1. The number of methoxy groups -OCH3 is 1. The highest BCUT2D eigenvalue weighted by Gasteiger charge is 2.25. The molecule has 12 heavy (non-hydrogen) atoms. The Kier molecular flexibility index (Phi) is 4.13. The van der Waals surface area contributed by atoms with Crippen molar-refractivity contribution in [3.8, 4) is 11.8 Å². The topological polar surface area (TPSA) is 21.3 Å². The average Bonchev–Trinajstić information content (AvgIpc) is 2.52. The van der Waals surface area contributed by atoms with Crippen LogP contribution in [0.5, 0.6) is 0 Å². The van der Waals surface area contributed by atoms with Gasteiger partial charge in [-0.2, -0.15) is 0 Å². The molecule has 1 aliphatic rings. The highest BCUT2D eigenvalue weighted by atomic mass is 16.5. The van der Waals surface area contributed by atoms with Crippen LogP contribution in [0, 0.1) is 11.8 Å². The number of rotatable bonds is 3. The van der Waals surface area contributed by atoms with E-state index in [1.165, 1.54) is 19.3 Å². The zero-order valence-corrected chi connectivity index (χ0v) is 7.89. The molecule has 0 bridgehead atoms. The zero-order valence-electron chi connectivity index (χ0n) is 7.89. The Balaban J connectivity index is 2.24. The molecule has 0 aromatic heterocycles. The lowest BCUT2D eigenvalue weighted by molar-refractivity contribution is 0.0865. The molecule has 0 spiro atoms. The van der Waals surface area contributed by atoms with Gasteiger partial charge in [-0.25, -0.2) is 0 Å². The Labute approximate surface area is 74.7 Å². The molecule has 2 atom stereocenters. The molecule has 2 unspecified atom stereocenters. The van der Waals surface area contributed by atoms with Gasteiger partial charge in [0.2, 0.25) is 0 Å². The Morgan fingerprint density at radius 1 is 1.50 bits per heavy atom. The monoisotopic (exact) mass is 167 g/mol. The molecule has 0 aliphatic heterocycles. The normalized spacial score (nSPS) is 28.2. The van der Waals surface area contributed by atoms with Crippen molar-refractivity contribution < 1.29 is 4.74 Å². The average molecular weight is 167 g/mol. The highest BCUT2D eigenvalue weighted by Crippen LogP contribution is 2.20. The van der Waals surface area contributed by atoms with E-state index in [1.54, 1.807) is 7.11 Å². The van der Waals surface area contributed by atoms with Crippen molar-refractivity contribution in [3.63, 3.8) is 0 Å². The first-order valence-electron chi connectivity index (χ1n) is 4.54. The third kappa shape index (κ3) is 2.51. The molecule has 0 amide bonds. The molecule has 1 N–H and O–H groups in total. The van der Waals surface area contributed by atoms with E-state index in [-0.39, 0.29) is 0 Å². The molecule has 2 nitrogen and oxygen atoms in total. The standard InChI is InChI=1S/C10H17NO/c1-3-4-8-11-9-6-5-7-10(9)12-2/h9-11H,5-8H2,1-2H3. The summed E-state index contributed by atoms with van der Waals surface area (Å²) in [5.74, 6) is 5.87. The second-order valence-corrected chi connectivity index (χ2v) is 3.12. The molecule has 68 valence electrons. The SMILES string of the molecule is CC#CCNC1CCCC1OC. The quantitative estimate of drug-likeness (QED) is 0.637. The van der Waals surface area contributed by atoms with Gasteiger partial charge in [-0.05, 0) is 26.2 Å². The fourth-order valence-corrected chi connectivity index (χ4v) is 1.71. The maximum atomic E-state index is 5.34. The fourth-order valence-electron chi connectivity index (χ4n) is 1.71. The summed E-state index contributed by atoms with van der Waals surface area (Å²) >= 11 is 0. The van der Waals surface area contributed by atoms with Gasteiger partial charge < -0.3 is 10.1 Å². The lowest BCUT2D eigenvalue weighted by atomic mass is 10.2. The molecule has 0 aromatic rings. The van der Waals surface area contributed by atoms with Crippen LogP contribution in [0.2, 0.25) is 0 Å². The van der Waals surface area contributed by atoms with Gasteiger partial charge in [-0.15, -0.1) is 5.92 Å². The number of nitrogens with one attached hydrogen (secondary N) is 1. The van der Waals surface area contributed by atoms with Gasteiger partial charge in [0.25, 0.3) is 0 Å². The Morgan fingerprint density at radius 2 is 2.33 bits per heavy atom. The van der Waals surface area contributed by atoms with Gasteiger partial charge in [0.05, 0.1) is 12.6 Å². The van der Waals surface area contributed by atoms with Crippen LogP contribution in [0.4, 0.5) is 0 Å². The molecule has 1 aliphatic carbocycles. The van der Waals surface area contributed by atoms with Gasteiger partial charge in [-0.1, -0.05) is 5.92 Å². The van der Waals surface area contributed by atoms with E-state index in [1.807, 2.05) is 6.92 Å². The Bertz CT molecular complexity index is 180. The number of ether oxygens (including phenoxy) is 1. The molecular formula is C10H17NO. The smallest absolute Gasteiger partial charge is 0.0724 e. The van der Waals surface area contributed by atoms with Gasteiger partial charge in [0, 0.05) is 13.2 Å². The molecule has 0 aromatic carbocycles. The van der Waals surface area contributed by atoms with E-state index < -0.39 is 0 Å². The van der Waals surface area contributed by atoms with Crippen molar-refractivity contribution in [1.29, 1.82) is 0 Å². The summed E-state index contributed by atoms with van der Waals surface area (Å²) in [6.07, 6.45) is 4.09. The van der Waals surface area contributed by atoms with Crippen LogP contribution >= 0.6 is 0 Å². The highest BCUT2D eigenvalue weighted by molar-refractivity contribution is 4.98. The predicted molar refractivity (Wildman–Crippen MR) is 49.9 cm³/mol. The summed E-state index contributed by atoms with van der Waals surface area (Å²) in [4.78, 5) is 0. The van der Waals surface area contributed by atoms with Gasteiger partial charge >= 0.3 is 0 Å². The van der Waals surface area contributed by atoms with Crippen molar-refractivity contribution in [2.75, 3.05) is 13.7 Å². The summed E-state index contributed by atoms with van der Waals surface area (Å²) in [6.45, 7) is 2.66. The van der Waals surface area contributed by atoms with Gasteiger partial charge in [0.1, 0.15) is 0 Å². The maximum Gasteiger partial charge on any atom is 0.0724 e. The van der Waals surface area contributed by atoms with Crippen molar-refractivity contribution >= 4 is 0 Å². The van der Waals surface area contributed by atoms with Crippen molar-refractivity contribution in [1.82, 2.24) is 5.32 Å². The third-order valence-corrected chi connectivity index (χ3v) is 2.38. The van der Waals surface area contributed by atoms with Crippen LogP contribution in [-0.4, -0.2) is 25.8 Å². The molecule has 1 rings (SSSR count). The first kappa shape index (κ1) is 9.57. The first-order valence-corrected chi connectivity index (χ1v) is 4.54. The van der Waals surface area contributed by atoms with E-state index in [4.69, 9.17) is 4.74 Å². The third-order valence-electron chi connectivity index (χ3n) is 2.38. The van der Waals surface area contributed by atoms with Crippen molar-refractivity contribution in [2.24, 2.45) is 0 Å². The van der Waals surface area contributed by atoms with Crippen LogP contribution in [0.1, 0.15) is 26.2 Å². The lowest BCUT2D eigenvalue weighted by Gasteiger charge is -2.17. The van der Waals surface area contributed by atoms with E-state index in [2.05, 4.69) is 17.2 Å². The molecule has 0 saturated heterocycles. The second-order valence-electron chi connectivity index (χ2n) is 3.12. The van der Waals surface area contributed by atoms with Crippen LogP contribution < -0.4 is 5.32 Å². The summed E-state index contributed by atoms with van der Waals surface area (Å²) in [7, 11) is 1.79. The Hall–Kier alpha value is -0.520. The summed E-state index contributed by atoms with van der Waals surface area (Å²) in [5.41, 5.74) is 0. The number of hydrogen-bond acceptors (Lipinski definition) is 2. The molecule has 1 saturated carbocycles. The minimum absolute atomic E-state index is 0.406. The lowest BCUT2D eigenvalue weighted by Crippen LogP contribution is -2.36. The largest absolute Gasteiger partial charge is 0.380 e. The van der Waals surface area contributed by atoms with Crippen LogP contribution in [0.3, 0.4) is 0 Å². The van der Waals surface area contributed by atoms with Gasteiger partial charge in [-0.3, -0.25) is 0 Å².